The largest absolute Gasteiger partial charge is 0.862 e. The zero-order chi connectivity index (χ0) is 18.7. The van der Waals surface area contributed by atoms with Crippen LogP contribution in [0.25, 0.3) is 0 Å². The topological polar surface area (TPSA) is 189 Å². The minimum absolute atomic E-state index is 0.648. The van der Waals surface area contributed by atoms with Gasteiger partial charge in [0.25, 0.3) is 5.79 Å². The standard InChI is InChI=1S/C13H21NO10/c1-5(15)14-9-7(17)3-13(22,12(20)21)24-11(9)10(19)8(18)4-23-6(2)16/h7-11,17-19,22H,3-4H2,1-2H3,(H,14,15)(H,20,21)/p-1/t7-,8+,9+,10+,11+,13+/m0/s1. The molecule has 138 valence electrons. The SMILES string of the molecule is CC(=O)OC[C@@H](O)[C@@H](O)[C@@H]1O[C@@](O)(C(=O)O)C[C@H](O)[C@H]1N=C(C)[O-]. The van der Waals surface area contributed by atoms with Crippen LogP contribution in [0.15, 0.2) is 4.99 Å². The van der Waals surface area contributed by atoms with E-state index in [1.54, 1.807) is 0 Å². The van der Waals surface area contributed by atoms with Crippen molar-refractivity contribution >= 4 is 17.8 Å². The fourth-order valence-electron chi connectivity index (χ4n) is 2.27. The van der Waals surface area contributed by atoms with E-state index in [2.05, 4.69) is 9.73 Å². The van der Waals surface area contributed by atoms with Crippen LogP contribution in [0.4, 0.5) is 0 Å². The molecule has 0 aromatic heterocycles. The Bertz CT molecular complexity index is 505. The molecule has 11 heteroatoms. The summed E-state index contributed by atoms with van der Waals surface area (Å²) < 4.78 is 9.42. The van der Waals surface area contributed by atoms with Gasteiger partial charge in [0.05, 0.1) is 6.10 Å². The number of rotatable bonds is 6. The number of aliphatic hydroxyl groups is 4. The van der Waals surface area contributed by atoms with E-state index in [1.807, 2.05) is 0 Å². The maximum absolute atomic E-state index is 11.2. The van der Waals surface area contributed by atoms with Crippen molar-refractivity contribution in [3.8, 4) is 0 Å². The van der Waals surface area contributed by atoms with Gasteiger partial charge in [-0.3, -0.25) is 9.79 Å². The number of hydrogen-bond acceptors (Lipinski definition) is 10. The molecule has 11 nitrogen and oxygen atoms in total. The van der Waals surface area contributed by atoms with Gasteiger partial charge in [0.1, 0.15) is 31.0 Å². The Morgan fingerprint density at radius 2 is 2.00 bits per heavy atom. The van der Waals surface area contributed by atoms with Gasteiger partial charge in [-0.25, -0.2) is 4.79 Å². The number of carbonyl (C=O) groups excluding carboxylic acids is 1. The first-order valence-corrected chi connectivity index (χ1v) is 7.00. The molecule has 1 aliphatic rings. The molecule has 1 saturated heterocycles. The van der Waals surface area contributed by atoms with Crippen LogP contribution in [0.5, 0.6) is 0 Å². The number of esters is 1. The van der Waals surface area contributed by atoms with Crippen LogP contribution in [-0.4, -0.2) is 86.2 Å². The fourth-order valence-corrected chi connectivity index (χ4v) is 2.27. The molecule has 0 unspecified atom stereocenters. The quantitative estimate of drug-likeness (QED) is 0.181. The molecule has 1 rings (SSSR count). The average molecular weight is 350 g/mol. The summed E-state index contributed by atoms with van der Waals surface area (Å²) in [7, 11) is 0. The number of aliphatic carboxylic acids is 1. The van der Waals surface area contributed by atoms with Crippen molar-refractivity contribution in [3.63, 3.8) is 0 Å². The number of aliphatic hydroxyl groups excluding tert-OH is 3. The molecule has 0 spiro atoms. The predicted molar refractivity (Wildman–Crippen MR) is 73.6 cm³/mol. The van der Waals surface area contributed by atoms with Crippen molar-refractivity contribution in [2.75, 3.05) is 6.61 Å². The van der Waals surface area contributed by atoms with Gasteiger partial charge in [0, 0.05) is 13.3 Å². The number of hydrogen-bond donors (Lipinski definition) is 5. The van der Waals surface area contributed by atoms with Gasteiger partial charge in [-0.15, -0.1) is 0 Å². The highest BCUT2D eigenvalue weighted by atomic mass is 16.7. The van der Waals surface area contributed by atoms with Crippen molar-refractivity contribution in [2.45, 2.75) is 56.5 Å². The summed E-state index contributed by atoms with van der Waals surface area (Å²) in [5.41, 5.74) is 0. The molecule has 5 N–H and O–H groups in total. The lowest BCUT2D eigenvalue weighted by Crippen LogP contribution is -2.63. The van der Waals surface area contributed by atoms with E-state index in [0.29, 0.717) is 0 Å². The minimum atomic E-state index is -2.84. The zero-order valence-corrected chi connectivity index (χ0v) is 13.0. The van der Waals surface area contributed by atoms with Crippen molar-refractivity contribution in [1.29, 1.82) is 0 Å². The summed E-state index contributed by atoms with van der Waals surface area (Å²) >= 11 is 0. The lowest BCUT2D eigenvalue weighted by molar-refractivity contribution is -0.293. The summed E-state index contributed by atoms with van der Waals surface area (Å²) in [4.78, 5) is 25.4. The average Bonchev–Trinajstić information content (AvgIpc) is 2.46. The summed E-state index contributed by atoms with van der Waals surface area (Å²) in [5.74, 6) is -6.14. The first kappa shape index (κ1) is 20.3. The Kier molecular flexibility index (Phi) is 6.63. The molecule has 6 atom stereocenters. The minimum Gasteiger partial charge on any atom is -0.862 e. The van der Waals surface area contributed by atoms with Crippen LogP contribution in [0.2, 0.25) is 0 Å². The first-order valence-electron chi connectivity index (χ1n) is 7.00. The lowest BCUT2D eigenvalue weighted by atomic mass is 9.89. The lowest BCUT2D eigenvalue weighted by Gasteiger charge is -2.43. The monoisotopic (exact) mass is 350 g/mol. The molecule has 0 amide bonds. The first-order chi connectivity index (χ1) is 11.0. The number of carbonyl (C=O) groups is 2. The summed E-state index contributed by atoms with van der Waals surface area (Å²) in [6, 6.07) is -1.43. The maximum atomic E-state index is 11.2. The van der Waals surface area contributed by atoms with Crippen molar-refractivity contribution < 1.29 is 49.7 Å². The highest BCUT2D eigenvalue weighted by Crippen LogP contribution is 2.32. The number of ether oxygens (including phenoxy) is 2. The van der Waals surface area contributed by atoms with Gasteiger partial charge in [-0.05, 0) is 12.8 Å². The van der Waals surface area contributed by atoms with Gasteiger partial charge in [-0.2, -0.15) is 0 Å². The van der Waals surface area contributed by atoms with Crippen LogP contribution >= 0.6 is 0 Å². The Hall–Kier alpha value is -1.79. The van der Waals surface area contributed by atoms with Crippen LogP contribution in [0.1, 0.15) is 20.3 Å². The van der Waals surface area contributed by atoms with Crippen LogP contribution < -0.4 is 5.11 Å². The van der Waals surface area contributed by atoms with Gasteiger partial charge in [-0.1, -0.05) is 0 Å². The normalized spacial score (nSPS) is 33.6. The van der Waals surface area contributed by atoms with Gasteiger partial charge < -0.3 is 40.1 Å². The van der Waals surface area contributed by atoms with E-state index >= 15 is 0 Å². The van der Waals surface area contributed by atoms with Gasteiger partial charge in [0.2, 0.25) is 0 Å². The summed E-state index contributed by atoms with van der Waals surface area (Å²) in [6.07, 6.45) is -7.80. The smallest absolute Gasteiger partial charge is 0.364 e. The number of aliphatic imine (C=N–C) groups is 1. The Morgan fingerprint density at radius 1 is 1.42 bits per heavy atom. The van der Waals surface area contributed by atoms with E-state index in [-0.39, 0.29) is 0 Å². The molecule has 0 aliphatic carbocycles. The van der Waals surface area contributed by atoms with E-state index in [0.717, 1.165) is 13.8 Å². The molecule has 0 aromatic rings. The molecule has 24 heavy (non-hydrogen) atoms. The van der Waals surface area contributed by atoms with E-state index < -0.39 is 67.1 Å². The second kappa shape index (κ2) is 7.85. The molecule has 0 aromatic carbocycles. The second-order valence-corrected chi connectivity index (χ2v) is 5.44. The Balaban J connectivity index is 3.06. The maximum Gasteiger partial charge on any atom is 0.364 e. The van der Waals surface area contributed by atoms with Gasteiger partial charge >= 0.3 is 11.9 Å². The number of carboxylic acids is 1. The fraction of sp³-hybridized carbons (Fsp3) is 0.769. The van der Waals surface area contributed by atoms with Crippen molar-refractivity contribution in [3.05, 3.63) is 0 Å². The van der Waals surface area contributed by atoms with Crippen molar-refractivity contribution in [1.82, 2.24) is 0 Å². The molecule has 1 fully saturated rings. The van der Waals surface area contributed by atoms with Crippen LogP contribution in [-0.2, 0) is 19.1 Å². The summed E-state index contributed by atoms with van der Waals surface area (Å²) in [5, 5.41) is 60.0. The molecule has 1 aliphatic heterocycles. The molecule has 0 radical (unpaired) electrons. The molecular formula is C13H20NO10-. The Morgan fingerprint density at radius 3 is 2.46 bits per heavy atom. The molecule has 0 bridgehead atoms. The van der Waals surface area contributed by atoms with E-state index in [1.165, 1.54) is 0 Å². The Labute approximate surface area is 136 Å². The zero-order valence-electron chi connectivity index (χ0n) is 13.0. The van der Waals surface area contributed by atoms with E-state index in [4.69, 9.17) is 9.84 Å². The third kappa shape index (κ3) is 4.85. The van der Waals surface area contributed by atoms with Crippen LogP contribution in [0, 0.1) is 0 Å². The number of nitrogens with zero attached hydrogens (tertiary/aromatic N) is 1. The third-order valence-corrected chi connectivity index (χ3v) is 3.40. The van der Waals surface area contributed by atoms with Gasteiger partial charge in [0.15, 0.2) is 0 Å². The highest BCUT2D eigenvalue weighted by molar-refractivity contribution is 5.75. The summed E-state index contributed by atoms with van der Waals surface area (Å²) in [6.45, 7) is 1.48. The predicted octanol–water partition coefficient (Wildman–Crippen LogP) is -3.66. The highest BCUT2D eigenvalue weighted by Gasteiger charge is 2.53. The molecular weight excluding hydrogens is 330 g/mol. The van der Waals surface area contributed by atoms with E-state index in [9.17, 15) is 35.1 Å². The molecule has 0 saturated carbocycles. The molecule has 1 heterocycles. The second-order valence-electron chi connectivity index (χ2n) is 5.44. The third-order valence-electron chi connectivity index (χ3n) is 3.40. The van der Waals surface area contributed by atoms with Crippen molar-refractivity contribution in [2.24, 2.45) is 4.99 Å². The number of carboxylic acid groups (broad SMARTS) is 1. The van der Waals surface area contributed by atoms with Crippen LogP contribution in [0.3, 0.4) is 0 Å².